The molecule has 0 aliphatic carbocycles. The second-order valence-corrected chi connectivity index (χ2v) is 7.42. The van der Waals surface area contributed by atoms with Gasteiger partial charge in [0.05, 0.1) is 23.4 Å². The number of phenolic OH excluding ortho intramolecular Hbond substituents is 1. The zero-order valence-electron chi connectivity index (χ0n) is 16.4. The molecule has 0 fully saturated rings. The molecule has 0 unspecified atom stereocenters. The minimum absolute atomic E-state index is 0.0236. The average Bonchev–Trinajstić information content (AvgIpc) is 3.23. The van der Waals surface area contributed by atoms with Crippen LogP contribution in [-0.2, 0) is 6.61 Å². The molecule has 0 bridgehead atoms. The van der Waals surface area contributed by atoms with Crippen molar-refractivity contribution in [3.05, 3.63) is 82.5 Å². The standard InChI is InChI=1S/C23H18Cl2N2O4/c1-29-15-3-5-16(6-4-15)31-22-12-26-27-23(22)18-8-7-17(11-21(18)28)30-13-14-2-9-19(24)20(25)10-14/h2-12,28H,13H2,1H3,(H,26,27). The number of hydrogen-bond donors (Lipinski definition) is 2. The zero-order valence-corrected chi connectivity index (χ0v) is 17.9. The molecule has 3 aromatic carbocycles. The number of ether oxygens (including phenoxy) is 3. The van der Waals surface area contributed by atoms with E-state index in [4.69, 9.17) is 37.4 Å². The molecule has 0 spiro atoms. The summed E-state index contributed by atoms with van der Waals surface area (Å²) in [6.45, 7) is 0.283. The van der Waals surface area contributed by atoms with Crippen LogP contribution in [0.25, 0.3) is 11.3 Å². The summed E-state index contributed by atoms with van der Waals surface area (Å²) in [6, 6.07) is 17.5. The summed E-state index contributed by atoms with van der Waals surface area (Å²) < 4.78 is 16.8. The Morgan fingerprint density at radius 1 is 0.903 bits per heavy atom. The van der Waals surface area contributed by atoms with E-state index in [0.29, 0.717) is 38.6 Å². The van der Waals surface area contributed by atoms with Crippen molar-refractivity contribution in [2.24, 2.45) is 0 Å². The van der Waals surface area contributed by atoms with Gasteiger partial charge in [-0.1, -0.05) is 29.3 Å². The Labute approximate surface area is 188 Å². The normalized spacial score (nSPS) is 10.7. The Morgan fingerprint density at radius 2 is 1.65 bits per heavy atom. The highest BCUT2D eigenvalue weighted by Gasteiger charge is 2.15. The Balaban J connectivity index is 1.49. The Morgan fingerprint density at radius 3 is 2.35 bits per heavy atom. The molecular weight excluding hydrogens is 439 g/mol. The Hall–Kier alpha value is -3.35. The van der Waals surface area contributed by atoms with Crippen molar-refractivity contribution in [2.75, 3.05) is 7.11 Å². The number of halogens is 2. The van der Waals surface area contributed by atoms with E-state index in [-0.39, 0.29) is 12.4 Å². The van der Waals surface area contributed by atoms with Gasteiger partial charge in [0.15, 0.2) is 5.75 Å². The third-order valence-electron chi connectivity index (χ3n) is 4.52. The maximum Gasteiger partial charge on any atom is 0.173 e. The van der Waals surface area contributed by atoms with Crippen molar-refractivity contribution < 1.29 is 19.3 Å². The number of methoxy groups -OCH3 is 1. The van der Waals surface area contributed by atoms with Gasteiger partial charge in [-0.3, -0.25) is 5.10 Å². The second kappa shape index (κ2) is 9.20. The number of hydrogen-bond acceptors (Lipinski definition) is 5. The summed E-state index contributed by atoms with van der Waals surface area (Å²) in [5.74, 6) is 2.35. The van der Waals surface area contributed by atoms with Crippen LogP contribution in [0.3, 0.4) is 0 Å². The van der Waals surface area contributed by atoms with Gasteiger partial charge in [-0.25, -0.2) is 0 Å². The fraction of sp³-hybridized carbons (Fsp3) is 0.0870. The molecule has 6 nitrogen and oxygen atoms in total. The summed E-state index contributed by atoms with van der Waals surface area (Å²) in [5, 5.41) is 18.4. The van der Waals surface area contributed by atoms with E-state index in [1.54, 1.807) is 61.8 Å². The van der Waals surface area contributed by atoms with Crippen LogP contribution in [-0.4, -0.2) is 22.4 Å². The summed E-state index contributed by atoms with van der Waals surface area (Å²) >= 11 is 12.0. The first-order valence-electron chi connectivity index (χ1n) is 9.29. The summed E-state index contributed by atoms with van der Waals surface area (Å²) in [7, 11) is 1.60. The van der Waals surface area contributed by atoms with Crippen LogP contribution >= 0.6 is 23.2 Å². The van der Waals surface area contributed by atoms with Crippen molar-refractivity contribution in [3.63, 3.8) is 0 Å². The maximum absolute atomic E-state index is 10.6. The van der Waals surface area contributed by atoms with E-state index in [9.17, 15) is 5.11 Å². The van der Waals surface area contributed by atoms with E-state index in [1.165, 1.54) is 6.07 Å². The van der Waals surface area contributed by atoms with Crippen molar-refractivity contribution in [2.45, 2.75) is 6.61 Å². The van der Waals surface area contributed by atoms with Crippen LogP contribution in [0.2, 0.25) is 10.0 Å². The number of nitrogens with zero attached hydrogens (tertiary/aromatic N) is 1. The monoisotopic (exact) mass is 456 g/mol. The topological polar surface area (TPSA) is 76.6 Å². The van der Waals surface area contributed by atoms with E-state index >= 15 is 0 Å². The van der Waals surface area contributed by atoms with Crippen molar-refractivity contribution >= 4 is 23.2 Å². The van der Waals surface area contributed by atoms with Gasteiger partial charge in [0, 0.05) is 11.6 Å². The fourth-order valence-electron chi connectivity index (χ4n) is 2.92. The summed E-state index contributed by atoms with van der Waals surface area (Å²) in [6.07, 6.45) is 1.55. The molecule has 0 aliphatic rings. The summed E-state index contributed by atoms with van der Waals surface area (Å²) in [5.41, 5.74) is 1.94. The van der Waals surface area contributed by atoms with Gasteiger partial charge in [0.2, 0.25) is 0 Å². The first-order valence-corrected chi connectivity index (χ1v) is 10.0. The smallest absolute Gasteiger partial charge is 0.173 e. The lowest BCUT2D eigenvalue weighted by Crippen LogP contribution is -1.96. The number of benzene rings is 3. The van der Waals surface area contributed by atoms with E-state index < -0.39 is 0 Å². The molecule has 31 heavy (non-hydrogen) atoms. The van der Waals surface area contributed by atoms with Crippen molar-refractivity contribution in [1.29, 1.82) is 0 Å². The summed E-state index contributed by atoms with van der Waals surface area (Å²) in [4.78, 5) is 0. The van der Waals surface area contributed by atoms with E-state index in [2.05, 4.69) is 10.2 Å². The number of aromatic amines is 1. The molecule has 0 saturated heterocycles. The van der Waals surface area contributed by atoms with Crippen LogP contribution in [0.15, 0.2) is 66.9 Å². The van der Waals surface area contributed by atoms with Crippen molar-refractivity contribution in [3.8, 4) is 40.0 Å². The van der Waals surface area contributed by atoms with Gasteiger partial charge >= 0.3 is 0 Å². The van der Waals surface area contributed by atoms with Crippen LogP contribution in [0, 0.1) is 0 Å². The molecule has 0 aliphatic heterocycles. The molecular formula is C23H18Cl2N2O4. The van der Waals surface area contributed by atoms with Gasteiger partial charge in [0.1, 0.15) is 35.3 Å². The van der Waals surface area contributed by atoms with Crippen LogP contribution < -0.4 is 14.2 Å². The molecule has 4 rings (SSSR count). The first-order chi connectivity index (χ1) is 15.0. The first kappa shape index (κ1) is 20.9. The van der Waals surface area contributed by atoms with Gasteiger partial charge in [-0.2, -0.15) is 5.10 Å². The fourth-order valence-corrected chi connectivity index (χ4v) is 3.25. The molecule has 0 atom stereocenters. The molecule has 0 radical (unpaired) electrons. The lowest BCUT2D eigenvalue weighted by atomic mass is 10.1. The number of nitrogens with one attached hydrogen (secondary N) is 1. The molecule has 1 aromatic heterocycles. The molecule has 0 amide bonds. The Bertz CT molecular complexity index is 1190. The minimum Gasteiger partial charge on any atom is -0.507 e. The SMILES string of the molecule is COc1ccc(Oc2cn[nH]c2-c2ccc(OCc3ccc(Cl)c(Cl)c3)cc2O)cc1. The predicted octanol–water partition coefficient (Wildman–Crippen LogP) is 6.47. The Kier molecular flexibility index (Phi) is 6.21. The van der Waals surface area contributed by atoms with Gasteiger partial charge in [-0.05, 0) is 54.1 Å². The van der Waals surface area contributed by atoms with E-state index in [1.807, 2.05) is 6.07 Å². The maximum atomic E-state index is 10.6. The highest BCUT2D eigenvalue weighted by Crippen LogP contribution is 2.38. The number of aromatic nitrogens is 2. The predicted molar refractivity (Wildman–Crippen MR) is 120 cm³/mol. The largest absolute Gasteiger partial charge is 0.507 e. The van der Waals surface area contributed by atoms with Gasteiger partial charge in [-0.15, -0.1) is 0 Å². The third kappa shape index (κ3) is 4.87. The van der Waals surface area contributed by atoms with E-state index in [0.717, 1.165) is 11.3 Å². The highest BCUT2D eigenvalue weighted by atomic mass is 35.5. The molecule has 158 valence electrons. The molecule has 8 heteroatoms. The van der Waals surface area contributed by atoms with Crippen molar-refractivity contribution in [1.82, 2.24) is 10.2 Å². The molecule has 1 heterocycles. The zero-order chi connectivity index (χ0) is 21.8. The molecule has 2 N–H and O–H groups in total. The number of H-pyrrole nitrogens is 1. The third-order valence-corrected chi connectivity index (χ3v) is 5.26. The van der Waals surface area contributed by atoms with Gasteiger partial charge in [0.25, 0.3) is 0 Å². The number of phenols is 1. The van der Waals surface area contributed by atoms with Crippen LogP contribution in [0.4, 0.5) is 0 Å². The number of aromatic hydroxyl groups is 1. The second-order valence-electron chi connectivity index (χ2n) is 6.60. The lowest BCUT2D eigenvalue weighted by Gasteiger charge is -2.11. The molecule has 4 aromatic rings. The highest BCUT2D eigenvalue weighted by molar-refractivity contribution is 6.42. The number of rotatable bonds is 7. The minimum atomic E-state index is 0.0236. The van der Waals surface area contributed by atoms with Crippen LogP contribution in [0.1, 0.15) is 5.56 Å². The average molecular weight is 457 g/mol. The lowest BCUT2D eigenvalue weighted by molar-refractivity contribution is 0.304. The van der Waals surface area contributed by atoms with Gasteiger partial charge < -0.3 is 19.3 Å². The van der Waals surface area contributed by atoms with Crippen LogP contribution in [0.5, 0.6) is 28.7 Å². The quantitative estimate of drug-likeness (QED) is 0.333. The molecule has 0 saturated carbocycles.